The zero-order valence-corrected chi connectivity index (χ0v) is 13.2. The van der Waals surface area contributed by atoms with Gasteiger partial charge in [-0.25, -0.2) is 0 Å². The van der Waals surface area contributed by atoms with Crippen LogP contribution in [0.1, 0.15) is 32.0 Å². The molecule has 4 nitrogen and oxygen atoms in total. The molecule has 2 N–H and O–H groups in total. The monoisotopic (exact) mass is 285 g/mol. The number of nitrogens with zero attached hydrogens (tertiary/aromatic N) is 1. The van der Waals surface area contributed by atoms with Crippen molar-refractivity contribution >= 4 is 16.8 Å². The van der Waals surface area contributed by atoms with E-state index in [9.17, 15) is 4.79 Å². The SMILES string of the molecule is Cc1cc(CNCC(=O)NC(C)(C)C)c2ccccc2n1. The summed E-state index contributed by atoms with van der Waals surface area (Å²) in [5, 5.41) is 7.28. The second-order valence-corrected chi connectivity index (χ2v) is 6.34. The number of amides is 1. The molecule has 4 heteroatoms. The molecule has 0 spiro atoms. The van der Waals surface area contributed by atoms with Crippen molar-refractivity contribution in [2.45, 2.75) is 39.8 Å². The molecule has 0 aliphatic heterocycles. The number of pyridine rings is 1. The number of benzene rings is 1. The molecule has 1 heterocycles. The van der Waals surface area contributed by atoms with Crippen LogP contribution in [0.4, 0.5) is 0 Å². The lowest BCUT2D eigenvalue weighted by atomic mass is 10.1. The molecule has 2 aromatic rings. The van der Waals surface area contributed by atoms with Gasteiger partial charge in [0.25, 0.3) is 0 Å². The fraction of sp³-hybridized carbons (Fsp3) is 0.412. The van der Waals surface area contributed by atoms with Crippen molar-refractivity contribution in [3.63, 3.8) is 0 Å². The lowest BCUT2D eigenvalue weighted by molar-refractivity contribution is -0.121. The predicted octanol–water partition coefficient (Wildman–Crippen LogP) is 2.55. The molecule has 1 aromatic heterocycles. The van der Waals surface area contributed by atoms with Gasteiger partial charge in [-0.15, -0.1) is 0 Å². The van der Waals surface area contributed by atoms with E-state index in [1.165, 1.54) is 5.56 Å². The molecule has 0 radical (unpaired) electrons. The number of hydrogen-bond acceptors (Lipinski definition) is 3. The van der Waals surface area contributed by atoms with Crippen molar-refractivity contribution in [2.24, 2.45) is 0 Å². The first-order chi connectivity index (χ1) is 9.85. The number of hydrogen-bond donors (Lipinski definition) is 2. The maximum Gasteiger partial charge on any atom is 0.234 e. The topological polar surface area (TPSA) is 54.0 Å². The van der Waals surface area contributed by atoms with Crippen LogP contribution in [0.5, 0.6) is 0 Å². The second kappa shape index (κ2) is 6.22. The van der Waals surface area contributed by atoms with Gasteiger partial charge in [0.1, 0.15) is 0 Å². The molecule has 1 amide bonds. The van der Waals surface area contributed by atoms with Gasteiger partial charge in [0.2, 0.25) is 5.91 Å². The van der Waals surface area contributed by atoms with Gasteiger partial charge in [-0.1, -0.05) is 18.2 Å². The summed E-state index contributed by atoms with van der Waals surface area (Å²) < 4.78 is 0. The molecule has 0 atom stereocenters. The number of para-hydroxylation sites is 1. The molecule has 0 bridgehead atoms. The van der Waals surface area contributed by atoms with Gasteiger partial charge in [-0.2, -0.15) is 0 Å². The average Bonchev–Trinajstić information content (AvgIpc) is 2.36. The van der Waals surface area contributed by atoms with Gasteiger partial charge in [-0.3, -0.25) is 9.78 Å². The quantitative estimate of drug-likeness (QED) is 0.907. The summed E-state index contributed by atoms with van der Waals surface area (Å²) in [6.45, 7) is 8.89. The van der Waals surface area contributed by atoms with E-state index >= 15 is 0 Å². The Morgan fingerprint density at radius 3 is 2.67 bits per heavy atom. The highest BCUT2D eigenvalue weighted by atomic mass is 16.2. The van der Waals surface area contributed by atoms with E-state index in [0.717, 1.165) is 16.6 Å². The van der Waals surface area contributed by atoms with E-state index in [0.29, 0.717) is 13.1 Å². The summed E-state index contributed by atoms with van der Waals surface area (Å²) in [5.74, 6) is 0.0117. The maximum atomic E-state index is 11.8. The molecule has 0 aliphatic rings. The van der Waals surface area contributed by atoms with Crippen LogP contribution in [0, 0.1) is 6.92 Å². The fourth-order valence-corrected chi connectivity index (χ4v) is 2.31. The number of rotatable bonds is 4. The van der Waals surface area contributed by atoms with Gasteiger partial charge in [0.05, 0.1) is 12.1 Å². The summed E-state index contributed by atoms with van der Waals surface area (Å²) in [6.07, 6.45) is 0. The molecule has 0 saturated heterocycles. The smallest absolute Gasteiger partial charge is 0.234 e. The van der Waals surface area contributed by atoms with Crippen molar-refractivity contribution < 1.29 is 4.79 Å². The van der Waals surface area contributed by atoms with Crippen molar-refractivity contribution in [3.8, 4) is 0 Å². The third-order valence-electron chi connectivity index (χ3n) is 3.05. The zero-order chi connectivity index (χ0) is 15.5. The lowest BCUT2D eigenvalue weighted by Gasteiger charge is -2.20. The first-order valence-corrected chi connectivity index (χ1v) is 7.22. The van der Waals surface area contributed by atoms with Crippen LogP contribution < -0.4 is 10.6 Å². The minimum Gasteiger partial charge on any atom is -0.350 e. The van der Waals surface area contributed by atoms with Gasteiger partial charge >= 0.3 is 0 Å². The molecule has 0 unspecified atom stereocenters. The first-order valence-electron chi connectivity index (χ1n) is 7.22. The molecule has 21 heavy (non-hydrogen) atoms. The Morgan fingerprint density at radius 1 is 1.24 bits per heavy atom. The van der Waals surface area contributed by atoms with Crippen LogP contribution in [-0.4, -0.2) is 23.0 Å². The molecular formula is C17H23N3O. The minimum absolute atomic E-state index is 0.0117. The highest BCUT2D eigenvalue weighted by Crippen LogP contribution is 2.17. The predicted molar refractivity (Wildman–Crippen MR) is 86.1 cm³/mol. The number of carbonyl (C=O) groups excluding carboxylic acids is 1. The second-order valence-electron chi connectivity index (χ2n) is 6.34. The average molecular weight is 285 g/mol. The summed E-state index contributed by atoms with van der Waals surface area (Å²) >= 11 is 0. The van der Waals surface area contributed by atoms with E-state index < -0.39 is 0 Å². The van der Waals surface area contributed by atoms with Crippen LogP contribution in [-0.2, 0) is 11.3 Å². The molecule has 1 aromatic carbocycles. The summed E-state index contributed by atoms with van der Waals surface area (Å²) in [4.78, 5) is 16.3. The first kappa shape index (κ1) is 15.4. The number of aryl methyl sites for hydroxylation is 1. The summed E-state index contributed by atoms with van der Waals surface area (Å²) in [6, 6.07) is 10.1. The Bertz CT molecular complexity index is 644. The summed E-state index contributed by atoms with van der Waals surface area (Å²) in [7, 11) is 0. The van der Waals surface area contributed by atoms with E-state index in [2.05, 4.69) is 27.8 Å². The van der Waals surface area contributed by atoms with Gasteiger partial charge in [0, 0.05) is 23.2 Å². The van der Waals surface area contributed by atoms with E-state index in [1.54, 1.807) is 0 Å². The number of carbonyl (C=O) groups is 1. The van der Waals surface area contributed by atoms with E-state index in [-0.39, 0.29) is 11.4 Å². The molecule has 0 fully saturated rings. The number of fused-ring (bicyclic) bond motifs is 1. The zero-order valence-electron chi connectivity index (χ0n) is 13.2. The molecule has 112 valence electrons. The Hall–Kier alpha value is -1.94. The van der Waals surface area contributed by atoms with E-state index in [1.807, 2.05) is 45.9 Å². The Kier molecular flexibility index (Phi) is 4.58. The van der Waals surface area contributed by atoms with Crippen molar-refractivity contribution in [1.29, 1.82) is 0 Å². The van der Waals surface area contributed by atoms with Crippen LogP contribution in [0.2, 0.25) is 0 Å². The van der Waals surface area contributed by atoms with Crippen LogP contribution in [0.15, 0.2) is 30.3 Å². The highest BCUT2D eigenvalue weighted by molar-refractivity contribution is 5.82. The summed E-state index contributed by atoms with van der Waals surface area (Å²) in [5.41, 5.74) is 2.96. The van der Waals surface area contributed by atoms with Gasteiger partial charge in [0.15, 0.2) is 0 Å². The highest BCUT2D eigenvalue weighted by Gasteiger charge is 2.13. The van der Waals surface area contributed by atoms with Gasteiger partial charge < -0.3 is 10.6 Å². The standard InChI is InChI=1S/C17H23N3O/c1-12-9-13(14-7-5-6-8-15(14)19-12)10-18-11-16(21)20-17(2,3)4/h5-9,18H,10-11H2,1-4H3,(H,20,21). The maximum absolute atomic E-state index is 11.8. The van der Waals surface area contributed by atoms with Gasteiger partial charge in [-0.05, 0) is 45.4 Å². The van der Waals surface area contributed by atoms with E-state index in [4.69, 9.17) is 0 Å². The molecule has 0 aliphatic carbocycles. The number of nitrogens with one attached hydrogen (secondary N) is 2. The third kappa shape index (κ3) is 4.53. The van der Waals surface area contributed by atoms with Crippen LogP contribution >= 0.6 is 0 Å². The Morgan fingerprint density at radius 2 is 1.95 bits per heavy atom. The van der Waals surface area contributed by atoms with Crippen molar-refractivity contribution in [3.05, 3.63) is 41.6 Å². The van der Waals surface area contributed by atoms with Crippen LogP contribution in [0.25, 0.3) is 10.9 Å². The molecule has 0 saturated carbocycles. The Labute approximate surface area is 126 Å². The van der Waals surface area contributed by atoms with Crippen molar-refractivity contribution in [1.82, 2.24) is 15.6 Å². The molecular weight excluding hydrogens is 262 g/mol. The normalized spacial score (nSPS) is 11.6. The van der Waals surface area contributed by atoms with Crippen molar-refractivity contribution in [2.75, 3.05) is 6.54 Å². The minimum atomic E-state index is -0.196. The largest absolute Gasteiger partial charge is 0.350 e. The number of aromatic nitrogens is 1. The third-order valence-corrected chi connectivity index (χ3v) is 3.05. The molecule has 2 rings (SSSR count). The van der Waals surface area contributed by atoms with Crippen LogP contribution in [0.3, 0.4) is 0 Å². The lowest BCUT2D eigenvalue weighted by Crippen LogP contribution is -2.44. The fourth-order valence-electron chi connectivity index (χ4n) is 2.31. The Balaban J connectivity index is 2.02.